The lowest BCUT2D eigenvalue weighted by molar-refractivity contribution is -0.237. The summed E-state index contributed by atoms with van der Waals surface area (Å²) in [5.41, 5.74) is 0.601. The summed E-state index contributed by atoms with van der Waals surface area (Å²) >= 11 is 0. The van der Waals surface area contributed by atoms with Crippen molar-refractivity contribution in [3.63, 3.8) is 0 Å². The Balaban J connectivity index is 1.60. The van der Waals surface area contributed by atoms with Crippen LogP contribution in [0.2, 0.25) is 0 Å². The van der Waals surface area contributed by atoms with Gasteiger partial charge in [-0.05, 0) is 18.2 Å². The van der Waals surface area contributed by atoms with Gasteiger partial charge in [0.1, 0.15) is 24.4 Å². The third-order valence-corrected chi connectivity index (χ3v) is 4.21. The van der Waals surface area contributed by atoms with E-state index in [1.807, 2.05) is 0 Å². The number of hydrogen-bond donors (Lipinski definition) is 4. The smallest absolute Gasteiger partial charge is 0.258 e. The first-order valence-electron chi connectivity index (χ1n) is 7.62. The zero-order chi connectivity index (χ0) is 17.6. The number of aliphatic hydroxyl groups excluding tert-OH is 4. The van der Waals surface area contributed by atoms with Gasteiger partial charge in [0.25, 0.3) is 5.89 Å². The van der Waals surface area contributed by atoms with Crippen molar-refractivity contribution in [2.24, 2.45) is 0 Å². The second-order valence-corrected chi connectivity index (χ2v) is 5.77. The average Bonchev–Trinajstić information content (AvgIpc) is 3.28. The minimum atomic E-state index is -1.52. The highest BCUT2D eigenvalue weighted by Crippen LogP contribution is 2.36. The molecule has 134 valence electrons. The van der Waals surface area contributed by atoms with Crippen LogP contribution in [0.3, 0.4) is 0 Å². The van der Waals surface area contributed by atoms with Gasteiger partial charge in [0.15, 0.2) is 17.6 Å². The first-order valence-corrected chi connectivity index (χ1v) is 7.62. The Labute approximate surface area is 141 Å². The second-order valence-electron chi connectivity index (χ2n) is 5.77. The van der Waals surface area contributed by atoms with E-state index in [-0.39, 0.29) is 18.5 Å². The van der Waals surface area contributed by atoms with Gasteiger partial charge in [-0.15, -0.1) is 0 Å². The maximum absolute atomic E-state index is 10.1. The molecule has 2 aliphatic rings. The zero-order valence-corrected chi connectivity index (χ0v) is 12.8. The van der Waals surface area contributed by atoms with Crippen molar-refractivity contribution < 1.29 is 39.2 Å². The number of nitrogens with zero attached hydrogens (tertiary/aromatic N) is 2. The minimum Gasteiger partial charge on any atom is -0.454 e. The van der Waals surface area contributed by atoms with Crippen molar-refractivity contribution >= 4 is 0 Å². The normalized spacial score (nSPS) is 31.3. The third-order valence-electron chi connectivity index (χ3n) is 4.21. The Hall–Kier alpha value is -2.24. The molecular formula is C15H16N2O8. The summed E-state index contributed by atoms with van der Waals surface area (Å²) in [6, 6.07) is 5.11. The van der Waals surface area contributed by atoms with E-state index in [1.54, 1.807) is 18.2 Å². The Morgan fingerprint density at radius 2 is 1.84 bits per heavy atom. The predicted molar refractivity (Wildman–Crippen MR) is 78.6 cm³/mol. The molecule has 4 rings (SSSR count). The highest BCUT2D eigenvalue weighted by atomic mass is 16.7. The molecule has 2 aromatic rings. The lowest BCUT2D eigenvalue weighted by Gasteiger charge is -2.38. The van der Waals surface area contributed by atoms with E-state index in [0.29, 0.717) is 17.1 Å². The van der Waals surface area contributed by atoms with Crippen LogP contribution in [0.4, 0.5) is 0 Å². The molecule has 2 aliphatic heterocycles. The molecule has 0 aliphatic carbocycles. The quantitative estimate of drug-likeness (QED) is 0.541. The van der Waals surface area contributed by atoms with Crippen LogP contribution >= 0.6 is 0 Å². The second kappa shape index (κ2) is 6.24. The van der Waals surface area contributed by atoms with Crippen molar-refractivity contribution in [1.29, 1.82) is 0 Å². The Morgan fingerprint density at radius 3 is 2.64 bits per heavy atom. The van der Waals surface area contributed by atoms with Gasteiger partial charge in [-0.2, -0.15) is 4.98 Å². The van der Waals surface area contributed by atoms with Crippen molar-refractivity contribution in [3.05, 3.63) is 24.1 Å². The Kier molecular flexibility index (Phi) is 4.06. The van der Waals surface area contributed by atoms with E-state index in [0.717, 1.165) is 0 Å². The lowest BCUT2D eigenvalue weighted by Crippen LogP contribution is -2.55. The van der Waals surface area contributed by atoms with Crippen molar-refractivity contribution in [3.8, 4) is 22.9 Å². The fourth-order valence-electron chi connectivity index (χ4n) is 2.81. The van der Waals surface area contributed by atoms with Crippen LogP contribution in [0.5, 0.6) is 11.5 Å². The summed E-state index contributed by atoms with van der Waals surface area (Å²) in [4.78, 5) is 4.17. The molecule has 3 heterocycles. The SMILES string of the molecule is OC[C@H]1O[C@@H](c2nc(-c3ccc4c(c3)OCO4)no2)[C@H](O)[C@@H](O)[C@@H]1O. The summed E-state index contributed by atoms with van der Waals surface area (Å²) in [5.74, 6) is 1.31. The van der Waals surface area contributed by atoms with Gasteiger partial charge in [-0.1, -0.05) is 5.16 Å². The number of ether oxygens (including phenoxy) is 3. The molecule has 10 nitrogen and oxygen atoms in total. The van der Waals surface area contributed by atoms with E-state index in [4.69, 9.17) is 18.7 Å². The Morgan fingerprint density at radius 1 is 1.04 bits per heavy atom. The van der Waals surface area contributed by atoms with E-state index in [1.165, 1.54) is 0 Å². The van der Waals surface area contributed by atoms with E-state index in [2.05, 4.69) is 10.1 Å². The van der Waals surface area contributed by atoms with E-state index < -0.39 is 37.1 Å². The number of hydrogen-bond acceptors (Lipinski definition) is 10. The molecule has 4 N–H and O–H groups in total. The van der Waals surface area contributed by atoms with Gasteiger partial charge in [-0.25, -0.2) is 0 Å². The van der Waals surface area contributed by atoms with Crippen molar-refractivity contribution in [1.82, 2.24) is 10.1 Å². The first kappa shape index (κ1) is 16.2. The van der Waals surface area contributed by atoms with Crippen molar-refractivity contribution in [2.45, 2.75) is 30.5 Å². The minimum absolute atomic E-state index is 0.0791. The number of aliphatic hydroxyl groups is 4. The molecule has 1 saturated heterocycles. The molecule has 0 bridgehead atoms. The lowest BCUT2D eigenvalue weighted by atomic mass is 9.95. The highest BCUT2D eigenvalue weighted by molar-refractivity contribution is 5.61. The summed E-state index contributed by atoms with van der Waals surface area (Å²) in [6.07, 6.45) is -6.68. The summed E-state index contributed by atoms with van der Waals surface area (Å²) in [5, 5.41) is 42.8. The van der Waals surface area contributed by atoms with Crippen LogP contribution in [0, 0.1) is 0 Å². The molecule has 25 heavy (non-hydrogen) atoms. The monoisotopic (exact) mass is 352 g/mol. The fraction of sp³-hybridized carbons (Fsp3) is 0.467. The van der Waals surface area contributed by atoms with Gasteiger partial charge >= 0.3 is 0 Å². The van der Waals surface area contributed by atoms with Crippen LogP contribution in [0.25, 0.3) is 11.4 Å². The molecule has 0 saturated carbocycles. The number of benzene rings is 1. The number of rotatable bonds is 3. The molecule has 1 aromatic carbocycles. The van der Waals surface area contributed by atoms with E-state index in [9.17, 15) is 20.4 Å². The summed E-state index contributed by atoms with van der Waals surface area (Å²) in [7, 11) is 0. The molecule has 0 amide bonds. The molecule has 10 heteroatoms. The average molecular weight is 352 g/mol. The highest BCUT2D eigenvalue weighted by Gasteiger charge is 2.46. The summed E-state index contributed by atoms with van der Waals surface area (Å²) < 4.78 is 21.0. The maximum Gasteiger partial charge on any atom is 0.258 e. The number of aromatic nitrogens is 2. The predicted octanol–water partition coefficient (Wildman–Crippen LogP) is -1.02. The third kappa shape index (κ3) is 2.73. The van der Waals surface area contributed by atoms with Crippen LogP contribution < -0.4 is 9.47 Å². The molecule has 0 spiro atoms. The molecule has 5 atom stereocenters. The topological polar surface area (TPSA) is 148 Å². The molecular weight excluding hydrogens is 336 g/mol. The van der Waals surface area contributed by atoms with E-state index >= 15 is 0 Å². The zero-order valence-electron chi connectivity index (χ0n) is 12.8. The van der Waals surface area contributed by atoms with Crippen LogP contribution in [0.15, 0.2) is 22.7 Å². The van der Waals surface area contributed by atoms with Crippen LogP contribution in [0.1, 0.15) is 12.0 Å². The molecule has 0 unspecified atom stereocenters. The first-order chi connectivity index (χ1) is 12.1. The van der Waals surface area contributed by atoms with Crippen LogP contribution in [-0.4, -0.2) is 68.4 Å². The van der Waals surface area contributed by atoms with Gasteiger partial charge in [0.05, 0.1) is 6.61 Å². The standard InChI is InChI=1S/C15H16N2O8/c18-4-9-10(19)11(20)12(21)13(24-9)15-16-14(17-25-15)6-1-2-7-8(3-6)23-5-22-7/h1-3,9-13,18-21H,4-5H2/t9-,10-,11+,12-,13-/m1/s1. The maximum atomic E-state index is 10.1. The van der Waals surface area contributed by atoms with Crippen molar-refractivity contribution in [2.75, 3.05) is 13.4 Å². The van der Waals surface area contributed by atoms with Crippen LogP contribution in [-0.2, 0) is 4.74 Å². The van der Waals surface area contributed by atoms with Gasteiger partial charge in [0.2, 0.25) is 12.6 Å². The summed E-state index contributed by atoms with van der Waals surface area (Å²) in [6.45, 7) is -0.397. The largest absolute Gasteiger partial charge is 0.454 e. The Bertz CT molecular complexity index is 764. The molecule has 1 aromatic heterocycles. The van der Waals surface area contributed by atoms with Gasteiger partial charge < -0.3 is 39.2 Å². The van der Waals surface area contributed by atoms with Gasteiger partial charge in [-0.3, -0.25) is 0 Å². The molecule has 0 radical (unpaired) electrons. The molecule has 1 fully saturated rings. The fourth-order valence-corrected chi connectivity index (χ4v) is 2.81. The van der Waals surface area contributed by atoms with Gasteiger partial charge in [0, 0.05) is 5.56 Å². The number of fused-ring (bicyclic) bond motifs is 1.